The van der Waals surface area contributed by atoms with Crippen LogP contribution in [0, 0.1) is 11.3 Å². The van der Waals surface area contributed by atoms with E-state index in [0.29, 0.717) is 5.56 Å². The lowest BCUT2D eigenvalue weighted by Gasteiger charge is -2.10. The van der Waals surface area contributed by atoms with Gasteiger partial charge in [-0.1, -0.05) is 0 Å². The molecule has 96 valence electrons. The lowest BCUT2D eigenvalue weighted by molar-refractivity contribution is 0.412. The average molecular weight is 382 g/mol. The minimum absolute atomic E-state index is 0.610. The van der Waals surface area contributed by atoms with Gasteiger partial charge in [0, 0.05) is 21.9 Å². The van der Waals surface area contributed by atoms with Gasteiger partial charge in [-0.3, -0.25) is 0 Å². The van der Waals surface area contributed by atoms with Gasteiger partial charge in [0.25, 0.3) is 0 Å². The maximum Gasteiger partial charge on any atom is 0.135 e. The van der Waals surface area contributed by atoms with Crippen LogP contribution in [0.3, 0.4) is 0 Å². The van der Waals surface area contributed by atoms with Gasteiger partial charge < -0.3 is 10.1 Å². The Balaban J connectivity index is 2.26. The highest BCUT2D eigenvalue weighted by Crippen LogP contribution is 2.30. The summed E-state index contributed by atoms with van der Waals surface area (Å²) in [5, 5.41) is 12.1. The molecule has 3 nitrogen and oxygen atoms in total. The molecule has 0 amide bonds. The van der Waals surface area contributed by atoms with E-state index >= 15 is 0 Å². The van der Waals surface area contributed by atoms with Crippen LogP contribution in [0.4, 0.5) is 11.4 Å². The van der Waals surface area contributed by atoms with E-state index in [9.17, 15) is 0 Å². The predicted molar refractivity (Wildman–Crippen MR) is 82.8 cm³/mol. The Labute approximate surface area is 128 Å². The van der Waals surface area contributed by atoms with Gasteiger partial charge in [0.1, 0.15) is 11.8 Å². The second-order valence-corrected chi connectivity index (χ2v) is 5.49. The van der Waals surface area contributed by atoms with Crippen molar-refractivity contribution in [1.82, 2.24) is 0 Å². The fourth-order valence-electron chi connectivity index (χ4n) is 1.59. The fraction of sp³-hybridized carbons (Fsp3) is 0.0714. The maximum atomic E-state index is 8.88. The van der Waals surface area contributed by atoms with Crippen LogP contribution in [0.1, 0.15) is 5.56 Å². The highest BCUT2D eigenvalue weighted by Gasteiger charge is 2.04. The van der Waals surface area contributed by atoms with Crippen LogP contribution in [0.15, 0.2) is 45.3 Å². The van der Waals surface area contributed by atoms with Crippen molar-refractivity contribution in [1.29, 1.82) is 5.26 Å². The lowest BCUT2D eigenvalue weighted by Crippen LogP contribution is -1.92. The molecule has 0 aliphatic rings. The fourth-order valence-corrected chi connectivity index (χ4v) is 2.46. The molecule has 0 fully saturated rings. The second kappa shape index (κ2) is 6.09. The third kappa shape index (κ3) is 3.28. The van der Waals surface area contributed by atoms with Crippen molar-refractivity contribution in [3.05, 3.63) is 50.9 Å². The first-order chi connectivity index (χ1) is 9.13. The van der Waals surface area contributed by atoms with Gasteiger partial charge in [0.05, 0.1) is 17.1 Å². The normalized spacial score (nSPS) is 9.79. The van der Waals surface area contributed by atoms with Crippen molar-refractivity contribution in [3.63, 3.8) is 0 Å². The van der Waals surface area contributed by atoms with Crippen LogP contribution >= 0.6 is 31.9 Å². The summed E-state index contributed by atoms with van der Waals surface area (Å²) < 4.78 is 6.92. The van der Waals surface area contributed by atoms with Crippen LogP contribution < -0.4 is 10.1 Å². The zero-order valence-corrected chi connectivity index (χ0v) is 13.2. The van der Waals surface area contributed by atoms with Gasteiger partial charge in [-0.15, -0.1) is 0 Å². The molecule has 0 saturated heterocycles. The van der Waals surface area contributed by atoms with Crippen molar-refractivity contribution >= 4 is 43.2 Å². The molecule has 0 aliphatic carbocycles. The van der Waals surface area contributed by atoms with E-state index in [1.54, 1.807) is 13.2 Å². The van der Waals surface area contributed by atoms with E-state index in [4.69, 9.17) is 10.00 Å². The van der Waals surface area contributed by atoms with Crippen LogP contribution in [-0.2, 0) is 0 Å². The molecule has 5 heteroatoms. The van der Waals surface area contributed by atoms with Crippen molar-refractivity contribution in [2.45, 2.75) is 0 Å². The quantitative estimate of drug-likeness (QED) is 0.827. The molecule has 0 aromatic heterocycles. The van der Waals surface area contributed by atoms with Gasteiger partial charge in [0.2, 0.25) is 0 Å². The number of nitrogens with zero attached hydrogens (tertiary/aromatic N) is 1. The highest BCUT2D eigenvalue weighted by atomic mass is 79.9. The number of halogens is 2. The third-order valence-electron chi connectivity index (χ3n) is 2.53. The number of hydrogen-bond acceptors (Lipinski definition) is 3. The standard InChI is InChI=1S/C14H10Br2N2O/c1-19-14-7-11(4-5-12(14)15)18-10-3-2-9(8-17)13(16)6-10/h2-7,18H,1H3. The summed E-state index contributed by atoms with van der Waals surface area (Å²) in [7, 11) is 1.63. The molecule has 0 aliphatic heterocycles. The Morgan fingerprint density at radius 1 is 1.05 bits per heavy atom. The third-order valence-corrected chi connectivity index (χ3v) is 3.84. The monoisotopic (exact) mass is 380 g/mol. The van der Waals surface area contributed by atoms with Gasteiger partial charge in [-0.2, -0.15) is 5.26 Å². The first kappa shape index (κ1) is 13.9. The molecule has 0 radical (unpaired) electrons. The first-order valence-electron chi connectivity index (χ1n) is 5.44. The molecule has 0 saturated carbocycles. The van der Waals surface area contributed by atoms with E-state index in [0.717, 1.165) is 26.1 Å². The largest absolute Gasteiger partial charge is 0.495 e. The van der Waals surface area contributed by atoms with Crippen LogP contribution in [0.2, 0.25) is 0 Å². The molecule has 0 heterocycles. The van der Waals surface area contributed by atoms with Crippen molar-refractivity contribution in [3.8, 4) is 11.8 Å². The van der Waals surface area contributed by atoms with Crippen LogP contribution in [0.25, 0.3) is 0 Å². The van der Waals surface area contributed by atoms with Crippen LogP contribution in [-0.4, -0.2) is 7.11 Å². The predicted octanol–water partition coefficient (Wildman–Crippen LogP) is 4.84. The number of anilines is 2. The number of rotatable bonds is 3. The van der Waals surface area contributed by atoms with E-state index in [-0.39, 0.29) is 0 Å². The van der Waals surface area contributed by atoms with Crippen LogP contribution in [0.5, 0.6) is 5.75 Å². The summed E-state index contributed by atoms with van der Waals surface area (Å²) >= 11 is 6.78. The summed E-state index contributed by atoms with van der Waals surface area (Å²) in [6.07, 6.45) is 0. The Hall–Kier alpha value is -1.51. The Morgan fingerprint density at radius 2 is 1.74 bits per heavy atom. The molecule has 0 bridgehead atoms. The number of nitrogens with one attached hydrogen (secondary N) is 1. The van der Waals surface area contributed by atoms with Crippen molar-refractivity contribution < 1.29 is 4.74 Å². The average Bonchev–Trinajstić information content (AvgIpc) is 2.41. The molecule has 19 heavy (non-hydrogen) atoms. The first-order valence-corrected chi connectivity index (χ1v) is 7.03. The highest BCUT2D eigenvalue weighted by molar-refractivity contribution is 9.10. The summed E-state index contributed by atoms with van der Waals surface area (Å²) in [4.78, 5) is 0. The summed E-state index contributed by atoms with van der Waals surface area (Å²) in [5.41, 5.74) is 2.42. The van der Waals surface area contributed by atoms with E-state index in [2.05, 4.69) is 43.2 Å². The molecule has 0 spiro atoms. The number of hydrogen-bond donors (Lipinski definition) is 1. The number of ether oxygens (including phenoxy) is 1. The zero-order valence-electron chi connectivity index (χ0n) is 10.1. The van der Waals surface area contributed by atoms with Gasteiger partial charge in [-0.05, 0) is 62.2 Å². The summed E-state index contributed by atoms with van der Waals surface area (Å²) in [5.74, 6) is 0.762. The number of nitriles is 1. The lowest BCUT2D eigenvalue weighted by atomic mass is 10.2. The molecule has 2 aromatic carbocycles. The maximum absolute atomic E-state index is 8.88. The number of methoxy groups -OCH3 is 1. The van der Waals surface area contributed by atoms with E-state index in [1.807, 2.05) is 30.3 Å². The van der Waals surface area contributed by atoms with Gasteiger partial charge >= 0.3 is 0 Å². The zero-order chi connectivity index (χ0) is 13.8. The molecular formula is C14H10Br2N2O. The summed E-state index contributed by atoms with van der Waals surface area (Å²) in [6, 6.07) is 13.4. The second-order valence-electron chi connectivity index (χ2n) is 3.78. The Morgan fingerprint density at radius 3 is 2.37 bits per heavy atom. The minimum atomic E-state index is 0.610. The molecule has 2 rings (SSSR count). The van der Waals surface area contributed by atoms with E-state index < -0.39 is 0 Å². The SMILES string of the molecule is COc1cc(Nc2ccc(C#N)c(Br)c2)ccc1Br. The van der Waals surface area contributed by atoms with Gasteiger partial charge in [-0.25, -0.2) is 0 Å². The van der Waals surface area contributed by atoms with E-state index in [1.165, 1.54) is 0 Å². The smallest absolute Gasteiger partial charge is 0.135 e. The minimum Gasteiger partial charge on any atom is -0.495 e. The topological polar surface area (TPSA) is 45.0 Å². The summed E-state index contributed by atoms with van der Waals surface area (Å²) in [6.45, 7) is 0. The molecule has 1 N–H and O–H groups in total. The van der Waals surface area contributed by atoms with Crippen molar-refractivity contribution in [2.75, 3.05) is 12.4 Å². The Bertz CT molecular complexity index is 641. The van der Waals surface area contributed by atoms with Crippen molar-refractivity contribution in [2.24, 2.45) is 0 Å². The number of benzene rings is 2. The molecule has 2 aromatic rings. The Kier molecular flexibility index (Phi) is 4.46. The van der Waals surface area contributed by atoms with Gasteiger partial charge in [0.15, 0.2) is 0 Å². The molecule has 0 unspecified atom stereocenters. The molecular weight excluding hydrogens is 372 g/mol. The molecule has 0 atom stereocenters.